The highest BCUT2D eigenvalue weighted by Gasteiger charge is 1.95. The third-order valence-corrected chi connectivity index (χ3v) is 3.10. The van der Waals surface area contributed by atoms with Crippen molar-refractivity contribution in [2.75, 3.05) is 0 Å². The lowest BCUT2D eigenvalue weighted by atomic mass is 10.1. The van der Waals surface area contributed by atoms with E-state index in [1.54, 1.807) is 12.1 Å². The van der Waals surface area contributed by atoms with E-state index >= 15 is 0 Å². The first-order chi connectivity index (χ1) is 10.2. The molecule has 1 N–H and O–H groups in total. The van der Waals surface area contributed by atoms with Crippen molar-refractivity contribution in [3.8, 4) is 5.75 Å². The molecule has 3 rings (SSSR count). The number of hydrogen-bond acceptors (Lipinski definition) is 1. The minimum atomic E-state index is 0.332. The van der Waals surface area contributed by atoms with Crippen LogP contribution in [0.4, 0.5) is 0 Å². The van der Waals surface area contributed by atoms with Crippen LogP contribution in [0, 0.1) is 6.92 Å². The van der Waals surface area contributed by atoms with Gasteiger partial charge in [0.2, 0.25) is 0 Å². The average Bonchev–Trinajstić information content (AvgIpc) is 2.50. The molecular weight excluding hydrogens is 256 g/mol. The van der Waals surface area contributed by atoms with Crippen molar-refractivity contribution < 1.29 is 5.11 Å². The number of benzene rings is 3. The molecule has 3 aromatic rings. The van der Waals surface area contributed by atoms with Crippen LogP contribution in [-0.2, 0) is 6.42 Å². The molecule has 1 heteroatoms. The van der Waals surface area contributed by atoms with Crippen LogP contribution in [0.5, 0.6) is 5.75 Å². The maximum Gasteiger partial charge on any atom is 0.115 e. The van der Waals surface area contributed by atoms with Gasteiger partial charge < -0.3 is 5.11 Å². The normalized spacial score (nSPS) is 9.57. The Kier molecular flexibility index (Phi) is 5.60. The second kappa shape index (κ2) is 7.91. The van der Waals surface area contributed by atoms with Crippen LogP contribution >= 0.6 is 0 Å². The van der Waals surface area contributed by atoms with Crippen molar-refractivity contribution in [1.82, 2.24) is 0 Å². The van der Waals surface area contributed by atoms with Gasteiger partial charge in [-0.3, -0.25) is 0 Å². The van der Waals surface area contributed by atoms with E-state index in [1.807, 2.05) is 48.5 Å². The molecule has 0 aliphatic carbocycles. The zero-order valence-corrected chi connectivity index (χ0v) is 12.2. The van der Waals surface area contributed by atoms with Crippen molar-refractivity contribution in [2.24, 2.45) is 0 Å². The number of rotatable bonds is 2. The van der Waals surface area contributed by atoms with Crippen molar-refractivity contribution in [3.05, 3.63) is 102 Å². The lowest BCUT2D eigenvalue weighted by Crippen LogP contribution is -1.86. The Labute approximate surface area is 126 Å². The molecule has 1 nitrogen and oxygen atoms in total. The molecule has 0 amide bonds. The fraction of sp³-hybridized carbons (Fsp3) is 0.100. The summed E-state index contributed by atoms with van der Waals surface area (Å²) >= 11 is 0. The Balaban J connectivity index is 0.000000194. The first kappa shape index (κ1) is 14.9. The van der Waals surface area contributed by atoms with Crippen LogP contribution in [0.2, 0.25) is 0 Å². The van der Waals surface area contributed by atoms with Gasteiger partial charge in [-0.05, 0) is 36.6 Å². The summed E-state index contributed by atoms with van der Waals surface area (Å²) < 4.78 is 0. The van der Waals surface area contributed by atoms with Crippen molar-refractivity contribution >= 4 is 0 Å². The van der Waals surface area contributed by atoms with Crippen LogP contribution in [0.3, 0.4) is 0 Å². The molecule has 21 heavy (non-hydrogen) atoms. The Bertz CT molecular complexity index is 645. The maximum absolute atomic E-state index is 9.29. The molecule has 0 aliphatic rings. The third-order valence-electron chi connectivity index (χ3n) is 3.10. The lowest BCUT2D eigenvalue weighted by Gasteiger charge is -2.01. The molecule has 0 bridgehead atoms. The molecule has 0 aromatic heterocycles. The Hall–Kier alpha value is -2.54. The van der Waals surface area contributed by atoms with Crippen molar-refractivity contribution in [1.29, 1.82) is 0 Å². The highest BCUT2D eigenvalue weighted by atomic mass is 16.3. The van der Waals surface area contributed by atoms with Gasteiger partial charge in [-0.2, -0.15) is 0 Å². The second-order valence-electron chi connectivity index (χ2n) is 4.99. The SMILES string of the molecule is Cc1ccccc1.Oc1cccc(Cc2ccccc2)c1. The number of phenols is 1. The zero-order valence-electron chi connectivity index (χ0n) is 12.2. The summed E-state index contributed by atoms with van der Waals surface area (Å²) in [7, 11) is 0. The largest absolute Gasteiger partial charge is 0.508 e. The quantitative estimate of drug-likeness (QED) is 0.700. The first-order valence-electron chi connectivity index (χ1n) is 7.07. The van der Waals surface area contributed by atoms with Gasteiger partial charge in [0.1, 0.15) is 5.75 Å². The van der Waals surface area contributed by atoms with Gasteiger partial charge in [0, 0.05) is 0 Å². The van der Waals surface area contributed by atoms with Crippen molar-refractivity contribution in [3.63, 3.8) is 0 Å². The molecule has 0 fully saturated rings. The molecule has 3 aromatic carbocycles. The van der Waals surface area contributed by atoms with Crippen LogP contribution < -0.4 is 0 Å². The van der Waals surface area contributed by atoms with Gasteiger partial charge in [0.15, 0.2) is 0 Å². The molecule has 0 unspecified atom stereocenters. The van der Waals surface area contributed by atoms with Gasteiger partial charge in [-0.15, -0.1) is 0 Å². The summed E-state index contributed by atoms with van der Waals surface area (Å²) in [5.41, 5.74) is 3.72. The van der Waals surface area contributed by atoms with Gasteiger partial charge >= 0.3 is 0 Å². The summed E-state index contributed by atoms with van der Waals surface area (Å²) in [6.07, 6.45) is 0.870. The monoisotopic (exact) mass is 276 g/mol. The van der Waals surface area contributed by atoms with E-state index in [4.69, 9.17) is 0 Å². The van der Waals surface area contributed by atoms with Crippen LogP contribution in [0.25, 0.3) is 0 Å². The fourth-order valence-electron chi connectivity index (χ4n) is 2.03. The predicted molar refractivity (Wildman–Crippen MR) is 88.5 cm³/mol. The van der Waals surface area contributed by atoms with E-state index < -0.39 is 0 Å². The number of phenolic OH excluding ortho intramolecular Hbond substituents is 1. The van der Waals surface area contributed by atoms with Gasteiger partial charge in [-0.25, -0.2) is 0 Å². The smallest absolute Gasteiger partial charge is 0.115 e. The summed E-state index contributed by atoms with van der Waals surface area (Å²) in [6.45, 7) is 2.08. The van der Waals surface area contributed by atoms with Crippen LogP contribution in [0.1, 0.15) is 16.7 Å². The lowest BCUT2D eigenvalue weighted by molar-refractivity contribution is 0.474. The predicted octanol–water partition coefficient (Wildman–Crippen LogP) is 4.98. The summed E-state index contributed by atoms with van der Waals surface area (Å²) in [5.74, 6) is 0.332. The van der Waals surface area contributed by atoms with Gasteiger partial charge in [0.25, 0.3) is 0 Å². The van der Waals surface area contributed by atoms with E-state index in [0.29, 0.717) is 5.75 Å². The first-order valence-corrected chi connectivity index (χ1v) is 7.07. The minimum Gasteiger partial charge on any atom is -0.508 e. The highest BCUT2D eigenvalue weighted by Crippen LogP contribution is 2.14. The van der Waals surface area contributed by atoms with E-state index in [2.05, 4.69) is 31.2 Å². The molecule has 0 saturated carbocycles. The van der Waals surface area contributed by atoms with E-state index in [1.165, 1.54) is 11.1 Å². The van der Waals surface area contributed by atoms with E-state index in [-0.39, 0.29) is 0 Å². The standard InChI is InChI=1S/C13H12O.C7H8/c14-13-8-4-7-12(10-13)9-11-5-2-1-3-6-11;1-7-5-3-2-4-6-7/h1-8,10,14H,9H2;2-6H,1H3. The topological polar surface area (TPSA) is 20.2 Å². The summed E-state index contributed by atoms with van der Waals surface area (Å²) in [4.78, 5) is 0. The van der Waals surface area contributed by atoms with Crippen molar-refractivity contribution in [2.45, 2.75) is 13.3 Å². The zero-order chi connectivity index (χ0) is 14.9. The van der Waals surface area contributed by atoms with Gasteiger partial charge in [0.05, 0.1) is 0 Å². The molecular formula is C20H20O. The average molecular weight is 276 g/mol. The molecule has 0 spiro atoms. The highest BCUT2D eigenvalue weighted by molar-refractivity contribution is 5.31. The Morgan fingerprint density at radius 1 is 0.667 bits per heavy atom. The molecule has 106 valence electrons. The molecule has 0 atom stereocenters. The second-order valence-corrected chi connectivity index (χ2v) is 4.99. The van der Waals surface area contributed by atoms with E-state index in [9.17, 15) is 5.11 Å². The number of hydrogen-bond donors (Lipinski definition) is 1. The summed E-state index contributed by atoms with van der Waals surface area (Å²) in [5, 5.41) is 9.29. The number of aryl methyl sites for hydroxylation is 1. The van der Waals surface area contributed by atoms with Crippen LogP contribution in [0.15, 0.2) is 84.9 Å². The molecule has 0 saturated heterocycles. The molecule has 0 heterocycles. The summed E-state index contributed by atoms with van der Waals surface area (Å²) in [6, 6.07) is 27.9. The molecule has 0 aliphatic heterocycles. The third kappa shape index (κ3) is 5.53. The van der Waals surface area contributed by atoms with Crippen LogP contribution in [-0.4, -0.2) is 5.11 Å². The van der Waals surface area contributed by atoms with Gasteiger partial charge in [-0.1, -0.05) is 78.4 Å². The Morgan fingerprint density at radius 3 is 1.76 bits per heavy atom. The fourth-order valence-corrected chi connectivity index (χ4v) is 2.03. The molecule has 0 radical (unpaired) electrons. The number of aromatic hydroxyl groups is 1. The van der Waals surface area contributed by atoms with E-state index in [0.717, 1.165) is 12.0 Å². The minimum absolute atomic E-state index is 0.332. The maximum atomic E-state index is 9.29. The Morgan fingerprint density at radius 2 is 1.24 bits per heavy atom.